The quantitative estimate of drug-likeness (QED) is 0.608. The lowest BCUT2D eigenvalue weighted by Gasteiger charge is -2.25. The molecule has 0 bridgehead atoms. The largest absolute Gasteiger partial charge is 0.492 e. The summed E-state index contributed by atoms with van der Waals surface area (Å²) in [4.78, 5) is 25.1. The first kappa shape index (κ1) is 20.9. The molecule has 1 aliphatic rings. The van der Waals surface area contributed by atoms with Crippen molar-refractivity contribution in [2.45, 2.75) is 19.9 Å². The predicted molar refractivity (Wildman–Crippen MR) is 122 cm³/mol. The minimum absolute atomic E-state index is 0.0400. The van der Waals surface area contributed by atoms with E-state index in [1.807, 2.05) is 43.3 Å². The number of benzene rings is 3. The molecule has 6 heteroatoms. The Hall–Kier alpha value is -3.31. The van der Waals surface area contributed by atoms with Crippen LogP contribution in [0, 0.1) is 12.8 Å². The van der Waals surface area contributed by atoms with Gasteiger partial charge in [0.1, 0.15) is 12.4 Å². The van der Waals surface area contributed by atoms with Gasteiger partial charge in [0.05, 0.1) is 5.92 Å². The van der Waals surface area contributed by atoms with Crippen LogP contribution in [-0.4, -0.2) is 18.4 Å². The fourth-order valence-corrected chi connectivity index (χ4v) is 3.61. The van der Waals surface area contributed by atoms with Crippen LogP contribution in [0.1, 0.15) is 27.0 Å². The van der Waals surface area contributed by atoms with Crippen LogP contribution in [0.4, 0.5) is 5.69 Å². The molecular formula is C25H23ClN2O3. The highest BCUT2D eigenvalue weighted by Crippen LogP contribution is 2.30. The van der Waals surface area contributed by atoms with Gasteiger partial charge < -0.3 is 15.4 Å². The van der Waals surface area contributed by atoms with Gasteiger partial charge in [-0.05, 0) is 66.9 Å². The molecule has 2 amide bonds. The Bertz CT molecular complexity index is 1090. The average Bonchev–Trinajstić information content (AvgIpc) is 2.78. The molecule has 3 aromatic carbocycles. The highest BCUT2D eigenvalue weighted by atomic mass is 35.5. The molecule has 0 fully saturated rings. The van der Waals surface area contributed by atoms with Crippen LogP contribution in [0.3, 0.4) is 0 Å². The summed E-state index contributed by atoms with van der Waals surface area (Å²) < 4.78 is 5.79. The summed E-state index contributed by atoms with van der Waals surface area (Å²) in [5.74, 6) is 0.204. The van der Waals surface area contributed by atoms with E-state index in [4.69, 9.17) is 16.3 Å². The fraction of sp³-hybridized carbons (Fsp3) is 0.200. The number of carbonyl (C=O) groups excluding carboxylic acids is 2. The molecule has 1 aliphatic heterocycles. The van der Waals surface area contributed by atoms with Gasteiger partial charge >= 0.3 is 0 Å². The normalized spacial score (nSPS) is 14.8. The number of halogens is 1. The zero-order valence-electron chi connectivity index (χ0n) is 17.2. The number of anilines is 1. The summed E-state index contributed by atoms with van der Waals surface area (Å²) in [5.41, 5.74) is 4.32. The zero-order valence-corrected chi connectivity index (χ0v) is 17.9. The summed E-state index contributed by atoms with van der Waals surface area (Å²) in [5, 5.41) is 6.46. The monoisotopic (exact) mass is 434 g/mol. The van der Waals surface area contributed by atoms with Gasteiger partial charge in [0, 0.05) is 22.8 Å². The molecule has 0 aliphatic carbocycles. The molecule has 0 spiro atoms. The minimum Gasteiger partial charge on any atom is -0.492 e. The molecule has 0 saturated heterocycles. The smallest absolute Gasteiger partial charge is 0.255 e. The maximum absolute atomic E-state index is 12.7. The van der Waals surface area contributed by atoms with Crippen molar-refractivity contribution in [1.29, 1.82) is 0 Å². The first-order valence-corrected chi connectivity index (χ1v) is 10.5. The summed E-state index contributed by atoms with van der Waals surface area (Å²) in [6, 6.07) is 20.3. The third-order valence-corrected chi connectivity index (χ3v) is 5.54. The summed E-state index contributed by atoms with van der Waals surface area (Å²) >= 11 is 5.88. The summed E-state index contributed by atoms with van der Waals surface area (Å²) in [6.45, 7) is 2.86. The van der Waals surface area contributed by atoms with E-state index in [1.165, 1.54) is 5.56 Å². The maximum atomic E-state index is 12.7. The molecule has 1 atom stereocenters. The molecule has 1 heterocycles. The number of nitrogens with one attached hydrogen (secondary N) is 2. The second kappa shape index (κ2) is 9.23. The Labute approximate surface area is 186 Å². The second-order valence-corrected chi connectivity index (χ2v) is 8.14. The van der Waals surface area contributed by atoms with Crippen molar-refractivity contribution in [2.24, 2.45) is 5.92 Å². The van der Waals surface area contributed by atoms with Crippen molar-refractivity contribution in [3.05, 3.63) is 94.0 Å². The SMILES string of the molecule is Cc1ccc(CNC(=O)C2COc3ccc(NC(=O)c4ccc(Cl)cc4)cc3C2)cc1. The van der Waals surface area contributed by atoms with Crippen molar-refractivity contribution in [2.75, 3.05) is 11.9 Å². The van der Waals surface area contributed by atoms with E-state index in [9.17, 15) is 9.59 Å². The van der Waals surface area contributed by atoms with Gasteiger partial charge in [0.2, 0.25) is 5.91 Å². The number of carbonyl (C=O) groups is 2. The Morgan fingerprint density at radius 3 is 2.52 bits per heavy atom. The number of aryl methyl sites for hydroxylation is 1. The third-order valence-electron chi connectivity index (χ3n) is 5.29. The van der Waals surface area contributed by atoms with E-state index in [2.05, 4.69) is 10.6 Å². The Morgan fingerprint density at radius 2 is 1.77 bits per heavy atom. The highest BCUT2D eigenvalue weighted by Gasteiger charge is 2.26. The number of hydrogen-bond donors (Lipinski definition) is 2. The molecule has 0 aromatic heterocycles. The van der Waals surface area contributed by atoms with Crippen LogP contribution in [0.15, 0.2) is 66.7 Å². The molecule has 4 rings (SSSR count). The van der Waals surface area contributed by atoms with Gasteiger partial charge in [-0.15, -0.1) is 0 Å². The van der Waals surface area contributed by atoms with Gasteiger partial charge in [-0.25, -0.2) is 0 Å². The Balaban J connectivity index is 1.38. The molecule has 31 heavy (non-hydrogen) atoms. The highest BCUT2D eigenvalue weighted by molar-refractivity contribution is 6.30. The van der Waals surface area contributed by atoms with Crippen LogP contribution in [0.2, 0.25) is 5.02 Å². The van der Waals surface area contributed by atoms with Crippen LogP contribution in [-0.2, 0) is 17.8 Å². The van der Waals surface area contributed by atoms with Gasteiger partial charge in [-0.2, -0.15) is 0 Å². The number of fused-ring (bicyclic) bond motifs is 1. The summed E-state index contributed by atoms with van der Waals surface area (Å²) in [6.07, 6.45) is 0.555. The van der Waals surface area contributed by atoms with E-state index in [0.29, 0.717) is 35.8 Å². The number of hydrogen-bond acceptors (Lipinski definition) is 3. The molecule has 158 valence electrons. The summed E-state index contributed by atoms with van der Waals surface area (Å²) in [7, 11) is 0. The fourth-order valence-electron chi connectivity index (χ4n) is 3.48. The maximum Gasteiger partial charge on any atom is 0.255 e. The van der Waals surface area contributed by atoms with Gasteiger partial charge in [-0.1, -0.05) is 41.4 Å². The molecule has 0 saturated carbocycles. The molecule has 1 unspecified atom stereocenters. The Kier molecular flexibility index (Phi) is 6.23. The van der Waals surface area contributed by atoms with Crippen LogP contribution in [0.5, 0.6) is 5.75 Å². The van der Waals surface area contributed by atoms with Crippen LogP contribution >= 0.6 is 11.6 Å². The predicted octanol–water partition coefficient (Wildman–Crippen LogP) is 4.77. The minimum atomic E-state index is -0.278. The van der Waals surface area contributed by atoms with Crippen molar-refractivity contribution in [1.82, 2.24) is 5.32 Å². The van der Waals surface area contributed by atoms with E-state index < -0.39 is 0 Å². The number of ether oxygens (including phenoxy) is 1. The average molecular weight is 435 g/mol. The number of rotatable bonds is 5. The van der Waals surface area contributed by atoms with Crippen molar-refractivity contribution < 1.29 is 14.3 Å². The molecular weight excluding hydrogens is 412 g/mol. The van der Waals surface area contributed by atoms with Gasteiger partial charge in [0.15, 0.2) is 0 Å². The van der Waals surface area contributed by atoms with Crippen LogP contribution in [0.25, 0.3) is 0 Å². The zero-order chi connectivity index (χ0) is 21.8. The molecule has 3 aromatic rings. The molecule has 0 radical (unpaired) electrons. The second-order valence-electron chi connectivity index (χ2n) is 7.70. The van der Waals surface area contributed by atoms with E-state index in [1.54, 1.807) is 30.3 Å². The number of amides is 2. The topological polar surface area (TPSA) is 67.4 Å². The van der Waals surface area contributed by atoms with E-state index >= 15 is 0 Å². The molecule has 2 N–H and O–H groups in total. The van der Waals surface area contributed by atoms with Crippen molar-refractivity contribution in [3.8, 4) is 5.75 Å². The van der Waals surface area contributed by atoms with Gasteiger partial charge in [0.25, 0.3) is 5.91 Å². The van der Waals surface area contributed by atoms with Crippen LogP contribution < -0.4 is 15.4 Å². The third kappa shape index (κ3) is 5.25. The van der Waals surface area contributed by atoms with E-state index in [0.717, 1.165) is 16.9 Å². The first-order valence-electron chi connectivity index (χ1n) is 10.1. The lowest BCUT2D eigenvalue weighted by atomic mass is 9.95. The molecule has 5 nitrogen and oxygen atoms in total. The van der Waals surface area contributed by atoms with Gasteiger partial charge in [-0.3, -0.25) is 9.59 Å². The first-order chi connectivity index (χ1) is 15.0. The van der Waals surface area contributed by atoms with Crippen molar-refractivity contribution >= 4 is 29.1 Å². The lowest BCUT2D eigenvalue weighted by Crippen LogP contribution is -2.37. The van der Waals surface area contributed by atoms with E-state index in [-0.39, 0.29) is 17.7 Å². The lowest BCUT2D eigenvalue weighted by molar-refractivity contribution is -0.126. The van der Waals surface area contributed by atoms with Crippen molar-refractivity contribution in [3.63, 3.8) is 0 Å². The standard InChI is InChI=1S/C25H23ClN2O3/c1-16-2-4-17(5-3-16)14-27-24(29)20-12-19-13-22(10-11-23(19)31-15-20)28-25(30)18-6-8-21(26)9-7-18/h2-11,13,20H,12,14-15H2,1H3,(H,27,29)(H,28,30). The Morgan fingerprint density at radius 1 is 1.03 bits per heavy atom.